The lowest BCUT2D eigenvalue weighted by molar-refractivity contribution is 0.325. The molecule has 0 aliphatic rings. The van der Waals surface area contributed by atoms with Crippen LogP contribution < -0.4 is 15.2 Å². The lowest BCUT2D eigenvalue weighted by atomic mass is 10.1. The van der Waals surface area contributed by atoms with Crippen molar-refractivity contribution in [3.63, 3.8) is 0 Å². The van der Waals surface area contributed by atoms with Crippen LogP contribution in [0, 0.1) is 0 Å². The fraction of sp³-hybridized carbons (Fsp3) is 0.429. The van der Waals surface area contributed by atoms with Gasteiger partial charge >= 0.3 is 0 Å². The Balaban J connectivity index is 2.92. The molecule has 0 fully saturated rings. The maximum Gasteiger partial charge on any atom is 0.180 e. The molecule has 0 amide bonds. The first kappa shape index (κ1) is 14.9. The van der Waals surface area contributed by atoms with E-state index in [4.69, 9.17) is 26.8 Å². The third-order valence-corrected chi connectivity index (χ3v) is 2.72. The molecule has 0 heterocycles. The summed E-state index contributed by atoms with van der Waals surface area (Å²) >= 11 is 6.20. The Morgan fingerprint density at radius 3 is 2.67 bits per heavy atom. The highest BCUT2D eigenvalue weighted by atomic mass is 35.5. The van der Waals surface area contributed by atoms with Gasteiger partial charge in [0, 0.05) is 0 Å². The Bertz CT molecular complexity index is 426. The number of ether oxygens (including phenoxy) is 2. The van der Waals surface area contributed by atoms with Gasteiger partial charge in [0.1, 0.15) is 6.61 Å². The van der Waals surface area contributed by atoms with E-state index < -0.39 is 0 Å². The van der Waals surface area contributed by atoms with E-state index in [1.807, 2.05) is 32.1 Å². The minimum Gasteiger partial charge on any atom is -0.493 e. The smallest absolute Gasteiger partial charge is 0.180 e. The van der Waals surface area contributed by atoms with Crippen LogP contribution in [0.5, 0.6) is 11.5 Å². The highest BCUT2D eigenvalue weighted by molar-refractivity contribution is 6.32. The third-order valence-electron chi connectivity index (χ3n) is 2.44. The summed E-state index contributed by atoms with van der Waals surface area (Å²) in [5.41, 5.74) is 7.78. The van der Waals surface area contributed by atoms with Crippen molar-refractivity contribution in [3.8, 4) is 11.5 Å². The summed E-state index contributed by atoms with van der Waals surface area (Å²) < 4.78 is 10.9. The lowest BCUT2D eigenvalue weighted by Crippen LogP contribution is -2.04. The average molecular weight is 270 g/mol. The highest BCUT2D eigenvalue weighted by Gasteiger charge is 2.11. The predicted molar refractivity (Wildman–Crippen MR) is 75.7 cm³/mol. The van der Waals surface area contributed by atoms with E-state index >= 15 is 0 Å². The minimum atomic E-state index is 0.481. The first-order valence-electron chi connectivity index (χ1n) is 5.91. The van der Waals surface area contributed by atoms with E-state index in [1.165, 1.54) is 5.57 Å². The van der Waals surface area contributed by atoms with Gasteiger partial charge in [-0.1, -0.05) is 17.2 Å². The van der Waals surface area contributed by atoms with Gasteiger partial charge in [0.2, 0.25) is 0 Å². The van der Waals surface area contributed by atoms with E-state index in [-0.39, 0.29) is 0 Å². The van der Waals surface area contributed by atoms with Crippen LogP contribution in [0.1, 0.15) is 19.4 Å². The van der Waals surface area contributed by atoms with Crippen LogP contribution in [0.25, 0.3) is 0 Å². The molecule has 0 aromatic heterocycles. The van der Waals surface area contributed by atoms with Crippen LogP contribution in [0.3, 0.4) is 0 Å². The molecule has 0 aliphatic heterocycles. The van der Waals surface area contributed by atoms with E-state index in [0.717, 1.165) is 12.0 Å². The molecule has 0 radical (unpaired) electrons. The zero-order valence-electron chi connectivity index (χ0n) is 11.1. The standard InChI is InChI=1S/C14H20ClNO2/c1-10(2)5-7-18-14-12(15)8-11(4-6-16)9-13(14)17-3/h5,8-9H,4,6-7,16H2,1-3H3. The molecule has 1 aromatic carbocycles. The van der Waals surface area contributed by atoms with Crippen LogP contribution in [0.15, 0.2) is 23.8 Å². The van der Waals surface area contributed by atoms with Crippen LogP contribution in [-0.4, -0.2) is 20.3 Å². The number of methoxy groups -OCH3 is 1. The normalized spacial score (nSPS) is 10.1. The third kappa shape index (κ3) is 4.24. The molecule has 3 nitrogen and oxygen atoms in total. The Kier molecular flexibility index (Phi) is 6.02. The highest BCUT2D eigenvalue weighted by Crippen LogP contribution is 2.36. The summed E-state index contributed by atoms with van der Waals surface area (Å²) in [7, 11) is 1.60. The number of halogens is 1. The van der Waals surface area contributed by atoms with E-state index in [2.05, 4.69) is 0 Å². The molecule has 0 spiro atoms. The van der Waals surface area contributed by atoms with Crippen molar-refractivity contribution in [1.82, 2.24) is 0 Å². The summed E-state index contributed by atoms with van der Waals surface area (Å²) in [6, 6.07) is 3.78. The fourth-order valence-electron chi connectivity index (χ4n) is 1.52. The molecular formula is C14H20ClNO2. The number of allylic oxidation sites excluding steroid dienone is 1. The van der Waals surface area contributed by atoms with Crippen molar-refractivity contribution in [2.24, 2.45) is 5.73 Å². The molecule has 0 aliphatic carbocycles. The topological polar surface area (TPSA) is 44.5 Å². The number of rotatable bonds is 6. The molecule has 18 heavy (non-hydrogen) atoms. The molecule has 2 N–H and O–H groups in total. The van der Waals surface area contributed by atoms with Crippen molar-refractivity contribution in [1.29, 1.82) is 0 Å². The maximum absolute atomic E-state index is 6.20. The predicted octanol–water partition coefficient (Wildman–Crippen LogP) is 3.19. The molecule has 0 atom stereocenters. The quantitative estimate of drug-likeness (QED) is 0.807. The van der Waals surface area contributed by atoms with Gasteiger partial charge in [-0.3, -0.25) is 0 Å². The molecule has 1 aromatic rings. The van der Waals surface area contributed by atoms with Crippen LogP contribution >= 0.6 is 11.6 Å². The summed E-state index contributed by atoms with van der Waals surface area (Å²) in [6.45, 7) is 5.10. The first-order valence-corrected chi connectivity index (χ1v) is 6.29. The number of nitrogens with two attached hydrogens (primary N) is 1. The second kappa shape index (κ2) is 7.29. The second-order valence-corrected chi connectivity index (χ2v) is 4.65. The van der Waals surface area contributed by atoms with Gasteiger partial charge in [0.05, 0.1) is 12.1 Å². The molecule has 0 bridgehead atoms. The summed E-state index contributed by atoms with van der Waals surface area (Å²) in [5.74, 6) is 1.23. The fourth-order valence-corrected chi connectivity index (χ4v) is 1.80. The molecule has 4 heteroatoms. The van der Waals surface area contributed by atoms with Crippen molar-refractivity contribution >= 4 is 11.6 Å². The van der Waals surface area contributed by atoms with Crippen molar-refractivity contribution < 1.29 is 9.47 Å². The van der Waals surface area contributed by atoms with Gasteiger partial charge < -0.3 is 15.2 Å². The van der Waals surface area contributed by atoms with Gasteiger partial charge in [-0.2, -0.15) is 0 Å². The Morgan fingerprint density at radius 2 is 2.11 bits per heavy atom. The number of hydrogen-bond donors (Lipinski definition) is 1. The molecule has 1 rings (SSSR count). The molecule has 0 unspecified atom stereocenters. The minimum absolute atomic E-state index is 0.481. The van der Waals surface area contributed by atoms with E-state index in [1.54, 1.807) is 7.11 Å². The lowest BCUT2D eigenvalue weighted by Gasteiger charge is -2.13. The van der Waals surface area contributed by atoms with Gasteiger partial charge in [-0.15, -0.1) is 0 Å². The Hall–Kier alpha value is -1.19. The van der Waals surface area contributed by atoms with Gasteiger partial charge in [0.25, 0.3) is 0 Å². The van der Waals surface area contributed by atoms with Gasteiger partial charge in [0.15, 0.2) is 11.5 Å². The second-order valence-electron chi connectivity index (χ2n) is 4.24. The Morgan fingerprint density at radius 1 is 1.39 bits per heavy atom. The molecule has 100 valence electrons. The maximum atomic E-state index is 6.20. The molecule has 0 saturated heterocycles. The van der Waals surface area contributed by atoms with Gasteiger partial charge in [-0.25, -0.2) is 0 Å². The van der Waals surface area contributed by atoms with E-state index in [9.17, 15) is 0 Å². The van der Waals surface area contributed by atoms with Crippen molar-refractivity contribution in [3.05, 3.63) is 34.4 Å². The Labute approximate surface area is 114 Å². The van der Waals surface area contributed by atoms with E-state index in [0.29, 0.717) is 29.7 Å². The summed E-state index contributed by atoms with van der Waals surface area (Å²) in [6.07, 6.45) is 2.76. The van der Waals surface area contributed by atoms with Crippen LogP contribution in [-0.2, 0) is 6.42 Å². The van der Waals surface area contributed by atoms with Crippen LogP contribution in [0.2, 0.25) is 5.02 Å². The van der Waals surface area contributed by atoms with Gasteiger partial charge in [-0.05, 0) is 50.6 Å². The SMILES string of the molecule is COc1cc(CCN)cc(Cl)c1OCC=C(C)C. The number of benzene rings is 1. The molecular weight excluding hydrogens is 250 g/mol. The summed E-state index contributed by atoms with van der Waals surface area (Å²) in [4.78, 5) is 0. The van der Waals surface area contributed by atoms with Crippen LogP contribution in [0.4, 0.5) is 0 Å². The number of hydrogen-bond acceptors (Lipinski definition) is 3. The molecule has 0 saturated carbocycles. The largest absolute Gasteiger partial charge is 0.493 e. The summed E-state index contributed by atoms with van der Waals surface area (Å²) in [5, 5.41) is 0.556. The zero-order valence-corrected chi connectivity index (χ0v) is 11.9. The average Bonchev–Trinajstić information content (AvgIpc) is 2.31. The van der Waals surface area contributed by atoms with Crippen molar-refractivity contribution in [2.75, 3.05) is 20.3 Å². The first-order chi connectivity index (χ1) is 8.58. The zero-order chi connectivity index (χ0) is 13.5. The monoisotopic (exact) mass is 269 g/mol. The van der Waals surface area contributed by atoms with Crippen molar-refractivity contribution in [2.45, 2.75) is 20.3 Å².